The third kappa shape index (κ3) is 5.86. The predicted molar refractivity (Wildman–Crippen MR) is 71.8 cm³/mol. The highest BCUT2D eigenvalue weighted by Crippen LogP contribution is 2.30. The Morgan fingerprint density at radius 3 is 2.38 bits per heavy atom. The summed E-state index contributed by atoms with van der Waals surface area (Å²) in [6.45, 7) is 16.3. The fourth-order valence-corrected chi connectivity index (χ4v) is 2.11. The van der Waals surface area contributed by atoms with Crippen LogP contribution in [0.4, 0.5) is 0 Å². The van der Waals surface area contributed by atoms with E-state index in [1.54, 1.807) is 0 Å². The van der Waals surface area contributed by atoms with Crippen LogP contribution in [0.25, 0.3) is 0 Å². The first-order valence-corrected chi connectivity index (χ1v) is 6.88. The maximum atomic E-state index is 3.56. The molecule has 16 heavy (non-hydrogen) atoms. The topological polar surface area (TPSA) is 15.3 Å². The van der Waals surface area contributed by atoms with E-state index < -0.39 is 0 Å². The molecule has 0 aromatic heterocycles. The summed E-state index contributed by atoms with van der Waals surface area (Å²) in [5.41, 5.74) is 0.384. The predicted octanol–water partition coefficient (Wildman–Crippen LogP) is 2.74. The van der Waals surface area contributed by atoms with Crippen LogP contribution in [0, 0.1) is 11.3 Å². The maximum absolute atomic E-state index is 3.56. The molecule has 1 aliphatic carbocycles. The van der Waals surface area contributed by atoms with Gasteiger partial charge in [0, 0.05) is 25.7 Å². The molecule has 0 saturated heterocycles. The molecule has 2 heteroatoms. The van der Waals surface area contributed by atoms with Gasteiger partial charge in [0.2, 0.25) is 0 Å². The van der Waals surface area contributed by atoms with Crippen molar-refractivity contribution in [2.24, 2.45) is 11.3 Å². The first-order valence-electron chi connectivity index (χ1n) is 6.88. The summed E-state index contributed by atoms with van der Waals surface area (Å²) in [5.74, 6) is 1.01. The second-order valence-corrected chi connectivity index (χ2v) is 6.47. The number of nitrogens with one attached hydrogen (secondary N) is 1. The van der Waals surface area contributed by atoms with E-state index in [0.29, 0.717) is 11.5 Å². The Hall–Kier alpha value is -0.0800. The summed E-state index contributed by atoms with van der Waals surface area (Å²) in [5, 5.41) is 3.56. The molecule has 1 aliphatic rings. The summed E-state index contributed by atoms with van der Waals surface area (Å²) in [7, 11) is 0. The monoisotopic (exact) mass is 226 g/mol. The summed E-state index contributed by atoms with van der Waals surface area (Å²) in [6, 6.07) is 0.595. The Kier molecular flexibility index (Phi) is 5.26. The molecule has 1 rings (SSSR count). The number of hydrogen-bond acceptors (Lipinski definition) is 2. The average Bonchev–Trinajstić information content (AvgIpc) is 2.97. The van der Waals surface area contributed by atoms with Crippen LogP contribution in [0.2, 0.25) is 0 Å². The molecule has 0 heterocycles. The SMILES string of the molecule is CCN(CC1CC1)CC(C)(C)CNC(C)C. The van der Waals surface area contributed by atoms with E-state index in [2.05, 4.69) is 44.8 Å². The molecular weight excluding hydrogens is 196 g/mol. The lowest BCUT2D eigenvalue weighted by atomic mass is 9.92. The molecule has 0 aromatic carbocycles. The summed E-state index contributed by atoms with van der Waals surface area (Å²) in [6.07, 6.45) is 2.92. The Labute approximate surface area is 102 Å². The standard InChI is InChI=1S/C14H30N2/c1-6-16(9-13-7-8-13)11-14(4,5)10-15-12(2)3/h12-13,15H,6-11H2,1-5H3. The minimum absolute atomic E-state index is 0.384. The average molecular weight is 226 g/mol. The lowest BCUT2D eigenvalue weighted by molar-refractivity contribution is 0.173. The third-order valence-electron chi connectivity index (χ3n) is 3.30. The van der Waals surface area contributed by atoms with Gasteiger partial charge in [-0.3, -0.25) is 0 Å². The Morgan fingerprint density at radius 2 is 1.94 bits per heavy atom. The number of nitrogens with zero attached hydrogens (tertiary/aromatic N) is 1. The lowest BCUT2D eigenvalue weighted by Gasteiger charge is -2.33. The third-order valence-corrected chi connectivity index (χ3v) is 3.30. The van der Waals surface area contributed by atoms with Crippen LogP contribution in [-0.2, 0) is 0 Å². The van der Waals surface area contributed by atoms with Gasteiger partial charge in [0.25, 0.3) is 0 Å². The van der Waals surface area contributed by atoms with Gasteiger partial charge in [-0.25, -0.2) is 0 Å². The first kappa shape index (κ1) is 14.0. The van der Waals surface area contributed by atoms with Gasteiger partial charge in [0.15, 0.2) is 0 Å². The van der Waals surface area contributed by atoms with E-state index in [9.17, 15) is 0 Å². The van der Waals surface area contributed by atoms with Crippen molar-refractivity contribution in [1.82, 2.24) is 10.2 Å². The van der Waals surface area contributed by atoms with Crippen LogP contribution in [0.3, 0.4) is 0 Å². The van der Waals surface area contributed by atoms with Crippen LogP contribution in [0.5, 0.6) is 0 Å². The van der Waals surface area contributed by atoms with E-state index in [1.807, 2.05) is 0 Å². The highest BCUT2D eigenvalue weighted by molar-refractivity contribution is 4.81. The highest BCUT2D eigenvalue weighted by Gasteiger charge is 2.27. The van der Waals surface area contributed by atoms with E-state index in [4.69, 9.17) is 0 Å². The van der Waals surface area contributed by atoms with Crippen molar-refractivity contribution in [2.45, 2.75) is 53.5 Å². The molecule has 0 bridgehead atoms. The van der Waals surface area contributed by atoms with Crippen molar-refractivity contribution in [1.29, 1.82) is 0 Å². The van der Waals surface area contributed by atoms with Crippen molar-refractivity contribution in [3.05, 3.63) is 0 Å². The number of hydrogen-bond donors (Lipinski definition) is 1. The van der Waals surface area contributed by atoms with Crippen LogP contribution < -0.4 is 5.32 Å². The van der Waals surface area contributed by atoms with Crippen LogP contribution in [0.1, 0.15) is 47.5 Å². The van der Waals surface area contributed by atoms with Gasteiger partial charge in [-0.15, -0.1) is 0 Å². The molecule has 1 saturated carbocycles. The van der Waals surface area contributed by atoms with Gasteiger partial charge in [-0.05, 0) is 30.7 Å². The molecule has 96 valence electrons. The molecule has 0 unspecified atom stereocenters. The fraction of sp³-hybridized carbons (Fsp3) is 1.00. The van der Waals surface area contributed by atoms with E-state index in [-0.39, 0.29) is 0 Å². The minimum Gasteiger partial charge on any atom is -0.314 e. The van der Waals surface area contributed by atoms with Gasteiger partial charge in [0.05, 0.1) is 0 Å². The van der Waals surface area contributed by atoms with Crippen molar-refractivity contribution < 1.29 is 0 Å². The normalized spacial score (nSPS) is 17.4. The van der Waals surface area contributed by atoms with E-state index >= 15 is 0 Å². The van der Waals surface area contributed by atoms with Gasteiger partial charge >= 0.3 is 0 Å². The smallest absolute Gasteiger partial charge is 0.00448 e. The summed E-state index contributed by atoms with van der Waals surface area (Å²) >= 11 is 0. The molecule has 0 radical (unpaired) electrons. The molecule has 1 fully saturated rings. The lowest BCUT2D eigenvalue weighted by Crippen LogP contribution is -2.42. The van der Waals surface area contributed by atoms with Gasteiger partial charge in [0.1, 0.15) is 0 Å². The maximum Gasteiger partial charge on any atom is 0.00448 e. The van der Waals surface area contributed by atoms with Crippen molar-refractivity contribution in [3.8, 4) is 0 Å². The van der Waals surface area contributed by atoms with Crippen LogP contribution in [0.15, 0.2) is 0 Å². The first-order chi connectivity index (χ1) is 7.43. The quantitative estimate of drug-likeness (QED) is 0.684. The zero-order valence-corrected chi connectivity index (χ0v) is 11.8. The Bertz CT molecular complexity index is 195. The largest absolute Gasteiger partial charge is 0.314 e. The second kappa shape index (κ2) is 6.02. The van der Waals surface area contributed by atoms with Crippen molar-refractivity contribution in [3.63, 3.8) is 0 Å². The van der Waals surface area contributed by atoms with Crippen LogP contribution >= 0.6 is 0 Å². The van der Waals surface area contributed by atoms with Gasteiger partial charge in [-0.2, -0.15) is 0 Å². The minimum atomic E-state index is 0.384. The zero-order valence-electron chi connectivity index (χ0n) is 11.8. The molecule has 2 nitrogen and oxygen atoms in total. The van der Waals surface area contributed by atoms with Crippen molar-refractivity contribution in [2.75, 3.05) is 26.2 Å². The highest BCUT2D eigenvalue weighted by atomic mass is 15.1. The molecule has 0 spiro atoms. The van der Waals surface area contributed by atoms with E-state index in [0.717, 1.165) is 12.5 Å². The Morgan fingerprint density at radius 1 is 1.31 bits per heavy atom. The second-order valence-electron chi connectivity index (χ2n) is 6.47. The summed E-state index contributed by atoms with van der Waals surface area (Å²) in [4.78, 5) is 2.62. The van der Waals surface area contributed by atoms with Gasteiger partial charge < -0.3 is 10.2 Å². The molecule has 1 N–H and O–H groups in total. The fourth-order valence-electron chi connectivity index (χ4n) is 2.11. The zero-order chi connectivity index (χ0) is 12.2. The van der Waals surface area contributed by atoms with Crippen LogP contribution in [-0.4, -0.2) is 37.1 Å². The molecule has 0 aromatic rings. The molecule has 0 amide bonds. The molecule has 0 atom stereocenters. The van der Waals surface area contributed by atoms with E-state index in [1.165, 1.54) is 32.5 Å². The summed E-state index contributed by atoms with van der Waals surface area (Å²) < 4.78 is 0. The van der Waals surface area contributed by atoms with Gasteiger partial charge in [-0.1, -0.05) is 34.6 Å². The molecule has 0 aliphatic heterocycles. The molecular formula is C14H30N2. The Balaban J connectivity index is 2.29. The number of rotatable bonds is 8. The van der Waals surface area contributed by atoms with Crippen molar-refractivity contribution >= 4 is 0 Å².